The molecule has 0 unspecified atom stereocenters. The Kier molecular flexibility index (Phi) is 5.35. The number of carbonyl (C=O) groups is 2. The number of methoxy groups -OCH3 is 1. The van der Waals surface area contributed by atoms with Gasteiger partial charge in [0.05, 0.1) is 17.7 Å². The average Bonchev–Trinajstić information content (AvgIpc) is 3.25. The number of carbonyl (C=O) groups excluding carboxylic acids is 2. The molecule has 2 N–H and O–H groups in total. The fourth-order valence-electron chi connectivity index (χ4n) is 3.55. The van der Waals surface area contributed by atoms with Crippen LogP contribution in [-0.4, -0.2) is 50.8 Å². The van der Waals surface area contributed by atoms with Gasteiger partial charge < -0.3 is 20.1 Å². The number of hydrogen-bond acceptors (Lipinski definition) is 6. The number of benzene rings is 2. The number of nitrogens with one attached hydrogen (secondary N) is 2. The molecule has 0 aliphatic carbocycles. The minimum absolute atomic E-state index is 0.00352. The molecule has 2 heterocycles. The van der Waals surface area contributed by atoms with Crippen LogP contribution in [0.4, 0.5) is 11.4 Å². The van der Waals surface area contributed by atoms with E-state index < -0.39 is 22.0 Å². The van der Waals surface area contributed by atoms with Gasteiger partial charge in [-0.05, 0) is 55.3 Å². The Labute approximate surface area is 174 Å². The van der Waals surface area contributed by atoms with E-state index in [9.17, 15) is 18.0 Å². The molecule has 9 nitrogen and oxygen atoms in total. The Balaban J connectivity index is 1.55. The summed E-state index contributed by atoms with van der Waals surface area (Å²) in [6.07, 6.45) is 0.997. The predicted molar refractivity (Wildman–Crippen MR) is 109 cm³/mol. The van der Waals surface area contributed by atoms with E-state index >= 15 is 0 Å². The monoisotopic (exact) mass is 431 g/mol. The number of anilines is 2. The van der Waals surface area contributed by atoms with Gasteiger partial charge in [-0.3, -0.25) is 9.59 Å². The summed E-state index contributed by atoms with van der Waals surface area (Å²) in [6.45, 7) is 0.127. The quantitative estimate of drug-likeness (QED) is 0.747. The van der Waals surface area contributed by atoms with Gasteiger partial charge in [0.1, 0.15) is 17.5 Å². The number of amides is 2. The first-order valence-corrected chi connectivity index (χ1v) is 10.9. The normalized spacial score (nSPS) is 18.8. The molecule has 2 aliphatic rings. The number of sulfonamides is 1. The van der Waals surface area contributed by atoms with E-state index in [1.807, 2.05) is 0 Å². The van der Waals surface area contributed by atoms with E-state index in [2.05, 4.69) is 10.6 Å². The zero-order valence-electron chi connectivity index (χ0n) is 16.3. The van der Waals surface area contributed by atoms with Crippen molar-refractivity contribution in [1.82, 2.24) is 4.31 Å². The lowest BCUT2D eigenvalue weighted by Crippen LogP contribution is -2.43. The van der Waals surface area contributed by atoms with Gasteiger partial charge in [-0.25, -0.2) is 8.42 Å². The molecule has 1 fully saturated rings. The highest BCUT2D eigenvalue weighted by Gasteiger charge is 2.40. The van der Waals surface area contributed by atoms with Crippen molar-refractivity contribution in [1.29, 1.82) is 0 Å². The number of fused-ring (bicyclic) bond motifs is 1. The molecule has 1 saturated heterocycles. The van der Waals surface area contributed by atoms with Gasteiger partial charge in [0.2, 0.25) is 15.9 Å². The molecule has 0 spiro atoms. The van der Waals surface area contributed by atoms with Crippen LogP contribution in [0.5, 0.6) is 11.5 Å². The first-order chi connectivity index (χ1) is 14.4. The summed E-state index contributed by atoms with van der Waals surface area (Å²) in [7, 11) is -2.39. The predicted octanol–water partition coefficient (Wildman–Crippen LogP) is 1.82. The summed E-state index contributed by atoms with van der Waals surface area (Å²) in [5.74, 6) is 0.316. The lowest BCUT2D eigenvalue weighted by molar-refractivity contribution is -0.119. The molecular formula is C20H21N3O6S. The fourth-order valence-corrected chi connectivity index (χ4v) is 5.23. The van der Waals surface area contributed by atoms with Crippen molar-refractivity contribution < 1.29 is 27.5 Å². The van der Waals surface area contributed by atoms with Crippen LogP contribution in [0, 0.1) is 0 Å². The van der Waals surface area contributed by atoms with Gasteiger partial charge in [-0.1, -0.05) is 0 Å². The van der Waals surface area contributed by atoms with Crippen molar-refractivity contribution in [2.75, 3.05) is 30.9 Å². The van der Waals surface area contributed by atoms with Gasteiger partial charge in [0, 0.05) is 12.2 Å². The third kappa shape index (κ3) is 3.83. The van der Waals surface area contributed by atoms with Crippen LogP contribution in [-0.2, 0) is 19.6 Å². The molecule has 2 aromatic carbocycles. The Hall–Kier alpha value is -3.11. The number of rotatable bonds is 5. The molecule has 0 saturated carbocycles. The van der Waals surface area contributed by atoms with Crippen molar-refractivity contribution in [3.63, 3.8) is 0 Å². The van der Waals surface area contributed by atoms with Crippen LogP contribution >= 0.6 is 0 Å². The van der Waals surface area contributed by atoms with E-state index in [0.29, 0.717) is 35.7 Å². The molecular weight excluding hydrogens is 410 g/mol. The van der Waals surface area contributed by atoms with Crippen molar-refractivity contribution in [2.45, 2.75) is 23.8 Å². The largest absolute Gasteiger partial charge is 0.497 e. The van der Waals surface area contributed by atoms with Gasteiger partial charge in [-0.2, -0.15) is 4.31 Å². The highest BCUT2D eigenvalue weighted by Crippen LogP contribution is 2.33. The van der Waals surface area contributed by atoms with Gasteiger partial charge >= 0.3 is 0 Å². The van der Waals surface area contributed by atoms with Crippen LogP contribution in [0.3, 0.4) is 0 Å². The van der Waals surface area contributed by atoms with Crippen LogP contribution < -0.4 is 20.1 Å². The summed E-state index contributed by atoms with van der Waals surface area (Å²) in [6, 6.07) is 10.3. The summed E-state index contributed by atoms with van der Waals surface area (Å²) in [5.41, 5.74) is 0.851. The summed E-state index contributed by atoms with van der Waals surface area (Å²) in [5, 5.41) is 5.37. The van der Waals surface area contributed by atoms with Crippen molar-refractivity contribution >= 4 is 33.2 Å². The van der Waals surface area contributed by atoms with Crippen LogP contribution in [0.1, 0.15) is 12.8 Å². The first-order valence-electron chi connectivity index (χ1n) is 9.42. The maximum absolute atomic E-state index is 13.2. The standard InChI is InChI=1S/C20H21N3O6S/c1-28-14-6-4-13(5-7-14)21-20(25)17-3-2-10-23(17)30(26,27)15-8-9-18-16(11-15)22-19(24)12-29-18/h4-9,11,17H,2-3,10,12H2,1H3,(H,21,25)(H,22,24)/t17-/m1/s1. The highest BCUT2D eigenvalue weighted by atomic mass is 32.2. The molecule has 2 aromatic rings. The van der Waals surface area contributed by atoms with Gasteiger partial charge in [0.25, 0.3) is 5.91 Å². The topological polar surface area (TPSA) is 114 Å². The van der Waals surface area contributed by atoms with Crippen molar-refractivity contribution in [3.05, 3.63) is 42.5 Å². The third-order valence-corrected chi connectivity index (χ3v) is 6.96. The highest BCUT2D eigenvalue weighted by molar-refractivity contribution is 7.89. The van der Waals surface area contributed by atoms with E-state index in [1.54, 1.807) is 31.4 Å². The lowest BCUT2D eigenvalue weighted by atomic mass is 10.2. The average molecular weight is 431 g/mol. The first kappa shape index (κ1) is 20.2. The second-order valence-corrected chi connectivity index (χ2v) is 8.88. The number of nitrogens with zero attached hydrogens (tertiary/aromatic N) is 1. The minimum Gasteiger partial charge on any atom is -0.497 e. The Bertz CT molecular complexity index is 1080. The fraction of sp³-hybridized carbons (Fsp3) is 0.300. The lowest BCUT2D eigenvalue weighted by Gasteiger charge is -2.24. The van der Waals surface area contributed by atoms with Gasteiger partial charge in [-0.15, -0.1) is 0 Å². The molecule has 0 bridgehead atoms. The molecule has 0 radical (unpaired) electrons. The van der Waals surface area contributed by atoms with E-state index in [0.717, 1.165) is 0 Å². The zero-order valence-corrected chi connectivity index (χ0v) is 17.1. The molecule has 10 heteroatoms. The maximum atomic E-state index is 13.2. The van der Waals surface area contributed by atoms with Crippen LogP contribution in [0.25, 0.3) is 0 Å². The summed E-state index contributed by atoms with van der Waals surface area (Å²) < 4.78 is 38.0. The van der Waals surface area contributed by atoms with Crippen molar-refractivity contribution in [2.24, 2.45) is 0 Å². The maximum Gasteiger partial charge on any atom is 0.262 e. The second kappa shape index (κ2) is 7.96. The molecule has 2 aliphatic heterocycles. The van der Waals surface area contributed by atoms with Crippen LogP contribution in [0.2, 0.25) is 0 Å². The van der Waals surface area contributed by atoms with Crippen LogP contribution in [0.15, 0.2) is 47.4 Å². The van der Waals surface area contributed by atoms with Crippen molar-refractivity contribution in [3.8, 4) is 11.5 Å². The number of ether oxygens (including phenoxy) is 2. The van der Waals surface area contributed by atoms with E-state index in [1.165, 1.54) is 22.5 Å². The molecule has 158 valence electrons. The third-order valence-electron chi connectivity index (χ3n) is 5.05. The molecule has 2 amide bonds. The number of hydrogen-bond donors (Lipinski definition) is 2. The summed E-state index contributed by atoms with van der Waals surface area (Å²) >= 11 is 0. The molecule has 0 aromatic heterocycles. The smallest absolute Gasteiger partial charge is 0.262 e. The summed E-state index contributed by atoms with van der Waals surface area (Å²) in [4.78, 5) is 24.3. The second-order valence-electron chi connectivity index (χ2n) is 6.99. The van der Waals surface area contributed by atoms with E-state index in [-0.39, 0.29) is 24.0 Å². The Morgan fingerprint density at radius 2 is 2.00 bits per heavy atom. The Morgan fingerprint density at radius 1 is 1.23 bits per heavy atom. The van der Waals surface area contributed by atoms with Gasteiger partial charge in [0.15, 0.2) is 6.61 Å². The molecule has 1 atom stereocenters. The van der Waals surface area contributed by atoms with E-state index in [4.69, 9.17) is 9.47 Å². The minimum atomic E-state index is -3.94. The SMILES string of the molecule is COc1ccc(NC(=O)[C@H]2CCCN2S(=O)(=O)c2ccc3c(c2)NC(=O)CO3)cc1. The molecule has 4 rings (SSSR count). The zero-order chi connectivity index (χ0) is 21.3. The Morgan fingerprint density at radius 3 is 2.73 bits per heavy atom. The molecule has 30 heavy (non-hydrogen) atoms.